The third-order valence-corrected chi connectivity index (χ3v) is 2.97. The average molecular weight is 321 g/mol. The SMILES string of the molecule is CCOc1ccc(OCCNC(=O)c2ccc(F)cc2F)cc1. The van der Waals surface area contributed by atoms with E-state index in [1.807, 2.05) is 6.92 Å². The van der Waals surface area contributed by atoms with Gasteiger partial charge in [-0.3, -0.25) is 4.79 Å². The van der Waals surface area contributed by atoms with Crippen molar-refractivity contribution in [3.05, 3.63) is 59.7 Å². The lowest BCUT2D eigenvalue weighted by molar-refractivity contribution is 0.0943. The van der Waals surface area contributed by atoms with Crippen LogP contribution in [0.15, 0.2) is 42.5 Å². The summed E-state index contributed by atoms with van der Waals surface area (Å²) >= 11 is 0. The van der Waals surface area contributed by atoms with Crippen LogP contribution in [0.3, 0.4) is 0 Å². The number of benzene rings is 2. The van der Waals surface area contributed by atoms with Gasteiger partial charge in [-0.25, -0.2) is 8.78 Å². The Labute approximate surface area is 133 Å². The summed E-state index contributed by atoms with van der Waals surface area (Å²) in [6.45, 7) is 2.91. The van der Waals surface area contributed by atoms with E-state index in [4.69, 9.17) is 9.47 Å². The maximum absolute atomic E-state index is 13.4. The summed E-state index contributed by atoms with van der Waals surface area (Å²) in [6, 6.07) is 9.89. The zero-order valence-electron chi connectivity index (χ0n) is 12.6. The molecule has 1 amide bonds. The van der Waals surface area contributed by atoms with Crippen LogP contribution in [0, 0.1) is 11.6 Å². The summed E-state index contributed by atoms with van der Waals surface area (Å²) in [5.41, 5.74) is -0.201. The molecule has 1 N–H and O–H groups in total. The zero-order chi connectivity index (χ0) is 16.7. The second-order valence-electron chi connectivity index (χ2n) is 4.63. The molecule has 0 spiro atoms. The molecule has 2 aromatic rings. The molecule has 0 aliphatic carbocycles. The molecule has 23 heavy (non-hydrogen) atoms. The van der Waals surface area contributed by atoms with Gasteiger partial charge in [0.2, 0.25) is 0 Å². The van der Waals surface area contributed by atoms with Gasteiger partial charge in [0, 0.05) is 6.07 Å². The van der Waals surface area contributed by atoms with E-state index in [1.54, 1.807) is 24.3 Å². The van der Waals surface area contributed by atoms with Crippen LogP contribution < -0.4 is 14.8 Å². The predicted octanol–water partition coefficient (Wildman–Crippen LogP) is 3.17. The molecule has 0 unspecified atom stereocenters. The first-order valence-electron chi connectivity index (χ1n) is 7.19. The summed E-state index contributed by atoms with van der Waals surface area (Å²) < 4.78 is 37.0. The van der Waals surface area contributed by atoms with Gasteiger partial charge in [-0.15, -0.1) is 0 Å². The number of nitrogens with one attached hydrogen (secondary N) is 1. The number of carbonyl (C=O) groups is 1. The van der Waals surface area contributed by atoms with Gasteiger partial charge in [0.1, 0.15) is 29.7 Å². The molecule has 0 aliphatic rings. The first kappa shape index (κ1) is 16.7. The maximum Gasteiger partial charge on any atom is 0.254 e. The molecule has 0 fully saturated rings. The van der Waals surface area contributed by atoms with E-state index in [-0.39, 0.29) is 18.7 Å². The minimum Gasteiger partial charge on any atom is -0.494 e. The Balaban J connectivity index is 1.77. The first-order valence-corrected chi connectivity index (χ1v) is 7.19. The lowest BCUT2D eigenvalue weighted by atomic mass is 10.2. The predicted molar refractivity (Wildman–Crippen MR) is 81.8 cm³/mol. The van der Waals surface area contributed by atoms with E-state index >= 15 is 0 Å². The summed E-state index contributed by atoms with van der Waals surface area (Å²) in [4.78, 5) is 11.8. The van der Waals surface area contributed by atoms with E-state index in [1.165, 1.54) is 0 Å². The lowest BCUT2D eigenvalue weighted by Gasteiger charge is -2.09. The molecule has 2 aromatic carbocycles. The van der Waals surface area contributed by atoms with Crippen LogP contribution in [-0.4, -0.2) is 25.7 Å². The van der Waals surface area contributed by atoms with Gasteiger partial charge < -0.3 is 14.8 Å². The lowest BCUT2D eigenvalue weighted by Crippen LogP contribution is -2.28. The molecular formula is C17H17F2NO3. The highest BCUT2D eigenvalue weighted by Crippen LogP contribution is 2.17. The Hall–Kier alpha value is -2.63. The minimum absolute atomic E-state index is 0.197. The number of hydrogen-bond donors (Lipinski definition) is 1. The van der Waals surface area contributed by atoms with Gasteiger partial charge in [-0.2, -0.15) is 0 Å². The zero-order valence-corrected chi connectivity index (χ0v) is 12.6. The Morgan fingerprint density at radius 1 is 1.04 bits per heavy atom. The molecule has 0 aromatic heterocycles. The first-order chi connectivity index (χ1) is 11.1. The van der Waals surface area contributed by atoms with Gasteiger partial charge in [0.15, 0.2) is 0 Å². The quantitative estimate of drug-likeness (QED) is 0.797. The second-order valence-corrected chi connectivity index (χ2v) is 4.63. The van der Waals surface area contributed by atoms with Gasteiger partial charge >= 0.3 is 0 Å². The maximum atomic E-state index is 13.4. The van der Waals surface area contributed by atoms with Crippen molar-refractivity contribution in [2.75, 3.05) is 19.8 Å². The van der Waals surface area contributed by atoms with E-state index < -0.39 is 17.5 Å². The van der Waals surface area contributed by atoms with Crippen molar-refractivity contribution in [1.82, 2.24) is 5.32 Å². The van der Waals surface area contributed by atoms with Crippen molar-refractivity contribution >= 4 is 5.91 Å². The smallest absolute Gasteiger partial charge is 0.254 e. The normalized spacial score (nSPS) is 10.2. The molecule has 6 heteroatoms. The standard InChI is InChI=1S/C17H17F2NO3/c1-2-22-13-4-6-14(7-5-13)23-10-9-20-17(21)15-8-3-12(18)11-16(15)19/h3-8,11H,2,9-10H2,1H3,(H,20,21). The molecule has 4 nitrogen and oxygen atoms in total. The van der Waals surface area contributed by atoms with Crippen molar-refractivity contribution in [3.63, 3.8) is 0 Å². The number of carbonyl (C=O) groups excluding carboxylic acids is 1. The fourth-order valence-corrected chi connectivity index (χ4v) is 1.90. The van der Waals surface area contributed by atoms with Crippen LogP contribution in [0.4, 0.5) is 8.78 Å². The average Bonchev–Trinajstić information content (AvgIpc) is 2.53. The molecule has 122 valence electrons. The Kier molecular flexibility index (Phi) is 5.91. The van der Waals surface area contributed by atoms with Crippen molar-refractivity contribution in [2.45, 2.75) is 6.92 Å². The fourth-order valence-electron chi connectivity index (χ4n) is 1.90. The Bertz CT molecular complexity index is 659. The number of amides is 1. The minimum atomic E-state index is -0.894. The van der Waals surface area contributed by atoms with Crippen molar-refractivity contribution in [2.24, 2.45) is 0 Å². The van der Waals surface area contributed by atoms with E-state index in [9.17, 15) is 13.6 Å². The summed E-state index contributed by atoms with van der Waals surface area (Å²) in [5, 5.41) is 2.51. The molecular weight excluding hydrogens is 304 g/mol. The molecule has 0 bridgehead atoms. The van der Waals surface area contributed by atoms with E-state index in [2.05, 4.69) is 5.32 Å². The second kappa shape index (κ2) is 8.12. The van der Waals surface area contributed by atoms with Crippen LogP contribution >= 0.6 is 0 Å². The molecule has 0 aliphatic heterocycles. The third kappa shape index (κ3) is 4.95. The number of hydrogen-bond acceptors (Lipinski definition) is 3. The monoisotopic (exact) mass is 321 g/mol. The van der Waals surface area contributed by atoms with Crippen LogP contribution in [0.25, 0.3) is 0 Å². The highest BCUT2D eigenvalue weighted by atomic mass is 19.1. The van der Waals surface area contributed by atoms with Crippen molar-refractivity contribution < 1.29 is 23.0 Å². The van der Waals surface area contributed by atoms with Gasteiger partial charge in [0.05, 0.1) is 18.7 Å². The van der Waals surface area contributed by atoms with Crippen LogP contribution in [0.2, 0.25) is 0 Å². The number of halogens is 2. The summed E-state index contributed by atoms with van der Waals surface area (Å²) in [7, 11) is 0. The Morgan fingerprint density at radius 3 is 2.30 bits per heavy atom. The molecule has 0 atom stereocenters. The van der Waals surface area contributed by atoms with E-state index in [0.717, 1.165) is 17.9 Å². The van der Waals surface area contributed by atoms with Gasteiger partial charge in [-0.05, 0) is 43.3 Å². The summed E-state index contributed by atoms with van der Waals surface area (Å²) in [6.07, 6.45) is 0. The molecule has 2 rings (SSSR count). The number of ether oxygens (including phenoxy) is 2. The van der Waals surface area contributed by atoms with E-state index in [0.29, 0.717) is 18.4 Å². The molecule has 0 saturated carbocycles. The van der Waals surface area contributed by atoms with Crippen molar-refractivity contribution in [3.8, 4) is 11.5 Å². The van der Waals surface area contributed by atoms with Gasteiger partial charge in [0.25, 0.3) is 5.91 Å². The summed E-state index contributed by atoms with van der Waals surface area (Å²) in [5.74, 6) is -0.846. The van der Waals surface area contributed by atoms with Crippen molar-refractivity contribution in [1.29, 1.82) is 0 Å². The molecule has 0 radical (unpaired) electrons. The highest BCUT2D eigenvalue weighted by molar-refractivity contribution is 5.94. The van der Waals surface area contributed by atoms with Gasteiger partial charge in [-0.1, -0.05) is 0 Å². The fraction of sp³-hybridized carbons (Fsp3) is 0.235. The highest BCUT2D eigenvalue weighted by Gasteiger charge is 2.11. The topological polar surface area (TPSA) is 47.6 Å². The van der Waals surface area contributed by atoms with Crippen LogP contribution in [-0.2, 0) is 0 Å². The largest absolute Gasteiger partial charge is 0.494 e. The molecule has 0 heterocycles. The van der Waals surface area contributed by atoms with Crippen LogP contribution in [0.1, 0.15) is 17.3 Å². The number of rotatable bonds is 7. The third-order valence-electron chi connectivity index (χ3n) is 2.97. The van der Waals surface area contributed by atoms with Crippen LogP contribution in [0.5, 0.6) is 11.5 Å². The Morgan fingerprint density at radius 2 is 1.70 bits per heavy atom. The molecule has 0 saturated heterocycles.